The zero-order valence-electron chi connectivity index (χ0n) is 11.9. The van der Waals surface area contributed by atoms with Gasteiger partial charge >= 0.3 is 5.97 Å². The van der Waals surface area contributed by atoms with Crippen molar-refractivity contribution in [1.29, 1.82) is 0 Å². The summed E-state index contributed by atoms with van der Waals surface area (Å²) in [6.45, 7) is 2.97. The van der Waals surface area contributed by atoms with Crippen molar-refractivity contribution < 1.29 is 24.2 Å². The Labute approximate surface area is 127 Å². The Morgan fingerprint density at radius 3 is 3.00 bits per heavy atom. The van der Waals surface area contributed by atoms with Crippen molar-refractivity contribution in [2.45, 2.75) is 32.3 Å². The summed E-state index contributed by atoms with van der Waals surface area (Å²) < 4.78 is 10.7. The predicted molar refractivity (Wildman–Crippen MR) is 78.1 cm³/mol. The van der Waals surface area contributed by atoms with E-state index in [1.54, 1.807) is 6.07 Å². The molecule has 2 N–H and O–H groups in total. The van der Waals surface area contributed by atoms with Crippen LogP contribution in [0.25, 0.3) is 0 Å². The van der Waals surface area contributed by atoms with Crippen LogP contribution in [0.1, 0.15) is 34.3 Å². The van der Waals surface area contributed by atoms with Crippen molar-refractivity contribution in [3.05, 3.63) is 15.8 Å². The number of carbonyl (C=O) groups is 2. The van der Waals surface area contributed by atoms with E-state index in [0.717, 1.165) is 30.7 Å². The van der Waals surface area contributed by atoms with Crippen LogP contribution in [0.3, 0.4) is 0 Å². The zero-order chi connectivity index (χ0) is 15.2. The molecular formula is C14H19NO5S. The van der Waals surface area contributed by atoms with Gasteiger partial charge in [-0.3, -0.25) is 4.79 Å². The van der Waals surface area contributed by atoms with Crippen molar-refractivity contribution in [2.24, 2.45) is 0 Å². The molecule has 2 heterocycles. The molecule has 1 amide bonds. The summed E-state index contributed by atoms with van der Waals surface area (Å²) in [7, 11) is 0. The van der Waals surface area contributed by atoms with Crippen LogP contribution in [0.15, 0.2) is 6.07 Å². The van der Waals surface area contributed by atoms with Gasteiger partial charge in [-0.15, -0.1) is 11.3 Å². The lowest BCUT2D eigenvalue weighted by Crippen LogP contribution is -2.35. The normalized spacial score (nSPS) is 17.7. The topological polar surface area (TPSA) is 84.9 Å². The third kappa shape index (κ3) is 4.44. The molecule has 0 radical (unpaired) electrons. The molecule has 1 fully saturated rings. The summed E-state index contributed by atoms with van der Waals surface area (Å²) in [5.74, 6) is -1.04. The van der Waals surface area contributed by atoms with E-state index in [2.05, 4.69) is 5.32 Å². The van der Waals surface area contributed by atoms with Crippen LogP contribution in [0.2, 0.25) is 0 Å². The van der Waals surface area contributed by atoms with E-state index in [9.17, 15) is 9.59 Å². The first-order chi connectivity index (χ1) is 10.1. The molecule has 21 heavy (non-hydrogen) atoms. The first kappa shape index (κ1) is 15.8. The average molecular weight is 313 g/mol. The van der Waals surface area contributed by atoms with Gasteiger partial charge in [0.05, 0.1) is 6.10 Å². The highest BCUT2D eigenvalue weighted by Gasteiger charge is 2.19. The quantitative estimate of drug-likeness (QED) is 0.800. The highest BCUT2D eigenvalue weighted by atomic mass is 32.1. The van der Waals surface area contributed by atoms with E-state index in [4.69, 9.17) is 14.6 Å². The number of thiophene rings is 1. The van der Waals surface area contributed by atoms with Gasteiger partial charge in [-0.05, 0) is 25.3 Å². The van der Waals surface area contributed by atoms with Crippen molar-refractivity contribution in [3.8, 4) is 5.75 Å². The summed E-state index contributed by atoms with van der Waals surface area (Å²) in [5.41, 5.74) is 0. The van der Waals surface area contributed by atoms with Gasteiger partial charge in [0.1, 0.15) is 5.75 Å². The van der Waals surface area contributed by atoms with Crippen molar-refractivity contribution in [1.82, 2.24) is 5.32 Å². The molecule has 0 aromatic carbocycles. The van der Waals surface area contributed by atoms with Gasteiger partial charge in [0.25, 0.3) is 5.91 Å². The predicted octanol–water partition coefficient (Wildman–Crippen LogP) is 1.68. The van der Waals surface area contributed by atoms with E-state index >= 15 is 0 Å². The number of ether oxygens (including phenoxy) is 2. The van der Waals surface area contributed by atoms with Crippen LogP contribution in [-0.4, -0.2) is 42.8 Å². The Morgan fingerprint density at radius 1 is 1.57 bits per heavy atom. The molecule has 0 spiro atoms. The minimum absolute atomic E-state index is 0.0800. The fraction of sp³-hybridized carbons (Fsp3) is 0.571. The van der Waals surface area contributed by atoms with Crippen molar-refractivity contribution in [2.75, 3.05) is 19.8 Å². The second-order valence-electron chi connectivity index (χ2n) is 4.79. The standard InChI is InChI=1S/C14H19NO5S/c1-2-10-6-11(13(21-10)14(17)18)20-8-12(16)15-7-9-4-3-5-19-9/h6,9H,2-5,7-8H2,1H3,(H,15,16)(H,17,18). The SMILES string of the molecule is CCc1cc(OCC(=O)NCC2CCCO2)c(C(=O)O)s1. The molecule has 2 rings (SSSR count). The molecule has 1 atom stereocenters. The largest absolute Gasteiger partial charge is 0.482 e. The molecule has 1 unspecified atom stereocenters. The van der Waals surface area contributed by atoms with Crippen LogP contribution in [-0.2, 0) is 16.0 Å². The van der Waals surface area contributed by atoms with Gasteiger partial charge in [-0.1, -0.05) is 6.92 Å². The lowest BCUT2D eigenvalue weighted by molar-refractivity contribution is -0.123. The Balaban J connectivity index is 1.82. The van der Waals surface area contributed by atoms with E-state index in [0.29, 0.717) is 6.54 Å². The van der Waals surface area contributed by atoms with Crippen LogP contribution >= 0.6 is 11.3 Å². The Bertz CT molecular complexity index is 507. The molecule has 7 heteroatoms. The minimum Gasteiger partial charge on any atom is -0.482 e. The number of hydrogen-bond acceptors (Lipinski definition) is 5. The Kier molecular flexibility index (Phi) is 5.58. The molecule has 6 nitrogen and oxygen atoms in total. The molecule has 1 saturated heterocycles. The maximum absolute atomic E-state index is 11.7. The minimum atomic E-state index is -1.03. The van der Waals surface area contributed by atoms with Crippen LogP contribution in [0, 0.1) is 0 Å². The van der Waals surface area contributed by atoms with Gasteiger partial charge < -0.3 is 19.9 Å². The number of amides is 1. The lowest BCUT2D eigenvalue weighted by atomic mass is 10.2. The second kappa shape index (κ2) is 7.42. The summed E-state index contributed by atoms with van der Waals surface area (Å²) in [4.78, 5) is 23.9. The number of aryl methyl sites for hydroxylation is 1. The van der Waals surface area contributed by atoms with E-state index in [-0.39, 0.29) is 29.2 Å². The fourth-order valence-corrected chi connectivity index (χ4v) is 2.96. The molecule has 1 aromatic rings. The monoisotopic (exact) mass is 313 g/mol. The highest BCUT2D eigenvalue weighted by Crippen LogP contribution is 2.29. The first-order valence-corrected chi connectivity index (χ1v) is 7.79. The summed E-state index contributed by atoms with van der Waals surface area (Å²) in [6.07, 6.45) is 2.79. The van der Waals surface area contributed by atoms with Gasteiger partial charge in [-0.2, -0.15) is 0 Å². The van der Waals surface area contributed by atoms with Gasteiger partial charge in [0.2, 0.25) is 0 Å². The molecule has 0 bridgehead atoms. The third-order valence-electron chi connectivity index (χ3n) is 3.20. The Morgan fingerprint density at radius 2 is 2.38 bits per heavy atom. The number of nitrogens with one attached hydrogen (secondary N) is 1. The molecule has 1 aromatic heterocycles. The number of carbonyl (C=O) groups excluding carboxylic acids is 1. The number of carboxylic acids is 1. The molecule has 0 saturated carbocycles. The number of aromatic carboxylic acids is 1. The third-order valence-corrected chi connectivity index (χ3v) is 4.45. The summed E-state index contributed by atoms with van der Waals surface area (Å²) in [6, 6.07) is 1.68. The van der Waals surface area contributed by atoms with Crippen LogP contribution < -0.4 is 10.1 Å². The van der Waals surface area contributed by atoms with E-state index < -0.39 is 5.97 Å². The van der Waals surface area contributed by atoms with Gasteiger partial charge in [-0.25, -0.2) is 4.79 Å². The maximum atomic E-state index is 11.7. The average Bonchev–Trinajstić information content (AvgIpc) is 3.11. The first-order valence-electron chi connectivity index (χ1n) is 6.97. The highest BCUT2D eigenvalue weighted by molar-refractivity contribution is 7.14. The van der Waals surface area contributed by atoms with Crippen molar-refractivity contribution in [3.63, 3.8) is 0 Å². The molecular weight excluding hydrogens is 294 g/mol. The lowest BCUT2D eigenvalue weighted by Gasteiger charge is -2.11. The fourth-order valence-electron chi connectivity index (χ4n) is 2.08. The van der Waals surface area contributed by atoms with Crippen LogP contribution in [0.5, 0.6) is 5.75 Å². The molecule has 1 aliphatic heterocycles. The maximum Gasteiger partial charge on any atom is 0.349 e. The summed E-state index contributed by atoms with van der Waals surface area (Å²) in [5, 5.41) is 11.8. The number of carboxylic acid groups (broad SMARTS) is 1. The van der Waals surface area contributed by atoms with E-state index in [1.165, 1.54) is 11.3 Å². The van der Waals surface area contributed by atoms with Crippen molar-refractivity contribution >= 4 is 23.2 Å². The molecule has 0 aliphatic carbocycles. The molecule has 1 aliphatic rings. The van der Waals surface area contributed by atoms with Gasteiger partial charge in [0.15, 0.2) is 11.5 Å². The molecule has 116 valence electrons. The van der Waals surface area contributed by atoms with Crippen LogP contribution in [0.4, 0.5) is 0 Å². The number of hydrogen-bond donors (Lipinski definition) is 2. The van der Waals surface area contributed by atoms with E-state index in [1.807, 2.05) is 6.92 Å². The van der Waals surface area contributed by atoms with Gasteiger partial charge in [0, 0.05) is 18.0 Å². The number of rotatable bonds is 7. The summed E-state index contributed by atoms with van der Waals surface area (Å²) >= 11 is 1.18. The smallest absolute Gasteiger partial charge is 0.349 e. The Hall–Kier alpha value is -1.60. The second-order valence-corrected chi connectivity index (χ2v) is 5.93. The zero-order valence-corrected chi connectivity index (χ0v) is 12.7.